The summed E-state index contributed by atoms with van der Waals surface area (Å²) in [7, 11) is 0. The van der Waals surface area contributed by atoms with Crippen molar-refractivity contribution in [1.82, 2.24) is 19.7 Å². The van der Waals surface area contributed by atoms with Crippen LogP contribution in [0.3, 0.4) is 0 Å². The van der Waals surface area contributed by atoms with E-state index in [0.717, 1.165) is 58.4 Å². The topological polar surface area (TPSA) is 62.1 Å². The minimum atomic E-state index is 0.534. The summed E-state index contributed by atoms with van der Waals surface area (Å²) < 4.78 is 14.8. The quantitative estimate of drug-likeness (QED) is 0.124. The predicted octanol–water partition coefficient (Wildman–Crippen LogP) is 9.80. The average molecular weight is 583 g/mol. The first-order valence-corrected chi connectivity index (χ1v) is 16.3. The Kier molecular flexibility index (Phi) is 12.2. The van der Waals surface area contributed by atoms with E-state index in [1.807, 2.05) is 54.9 Å². The normalized spacial score (nSPS) is 12.7. The van der Waals surface area contributed by atoms with E-state index < -0.39 is 0 Å². The number of nitrogens with zero attached hydrogens (tertiary/aromatic N) is 4. The first kappa shape index (κ1) is 32.2. The number of unbranched alkanes of at least 4 members (excludes halogenated alkanes) is 2. The second-order valence-electron chi connectivity index (χ2n) is 11.8. The molecule has 2 atom stereocenters. The summed E-state index contributed by atoms with van der Waals surface area (Å²) in [5.41, 5.74) is 4.71. The highest BCUT2D eigenvalue weighted by atomic mass is 16.5. The molecular weight excluding hydrogens is 532 g/mol. The Morgan fingerprint density at radius 3 is 1.74 bits per heavy atom. The van der Waals surface area contributed by atoms with Crippen molar-refractivity contribution in [3.8, 4) is 40.0 Å². The molecule has 0 saturated carbocycles. The van der Waals surface area contributed by atoms with Crippen molar-refractivity contribution in [3.05, 3.63) is 72.1 Å². The van der Waals surface area contributed by atoms with Crippen molar-refractivity contribution < 1.29 is 9.47 Å². The lowest BCUT2D eigenvalue weighted by Crippen LogP contribution is -2.12. The SMILES string of the molecule is CCCCC(CC)COc1cc(OCC(CC)CCCC)cc(-c2nc(-c3ccccc3)n(-c3cc(C)nc(C)c3)n2)c1. The molecule has 2 unspecified atom stereocenters. The molecule has 0 aliphatic carbocycles. The first-order chi connectivity index (χ1) is 20.9. The molecular formula is C37H50N4O2. The van der Waals surface area contributed by atoms with Crippen molar-refractivity contribution >= 4 is 0 Å². The Morgan fingerprint density at radius 1 is 0.674 bits per heavy atom. The van der Waals surface area contributed by atoms with Crippen LogP contribution in [-0.2, 0) is 0 Å². The molecule has 4 rings (SSSR count). The molecule has 6 heteroatoms. The highest BCUT2D eigenvalue weighted by Gasteiger charge is 2.18. The Morgan fingerprint density at radius 2 is 1.23 bits per heavy atom. The highest BCUT2D eigenvalue weighted by molar-refractivity contribution is 5.66. The summed E-state index contributed by atoms with van der Waals surface area (Å²) >= 11 is 0. The Hall–Kier alpha value is -3.67. The van der Waals surface area contributed by atoms with E-state index in [1.165, 1.54) is 38.5 Å². The molecule has 2 heterocycles. The van der Waals surface area contributed by atoms with Crippen molar-refractivity contribution in [1.29, 1.82) is 0 Å². The van der Waals surface area contributed by atoms with Crippen LogP contribution in [0.4, 0.5) is 0 Å². The number of benzene rings is 2. The second-order valence-corrected chi connectivity index (χ2v) is 11.8. The summed E-state index contributed by atoms with van der Waals surface area (Å²) in [5, 5.41) is 5.06. The van der Waals surface area contributed by atoms with Crippen LogP contribution >= 0.6 is 0 Å². The number of hydrogen-bond acceptors (Lipinski definition) is 5. The number of ether oxygens (including phenoxy) is 2. The minimum Gasteiger partial charge on any atom is -0.493 e. The Bertz CT molecular complexity index is 1360. The van der Waals surface area contributed by atoms with Crippen LogP contribution in [-0.4, -0.2) is 33.0 Å². The standard InChI is InChI=1S/C37H50N4O2/c1-7-11-16-29(9-3)25-42-34-22-32(23-35(24-34)43-26-30(10-4)17-12-8-2)36-39-37(31-18-14-13-15-19-31)41(40-36)33-20-27(5)38-28(6)21-33/h13-15,18-24,29-30H,7-12,16-17,25-26H2,1-6H3. The van der Waals surface area contributed by atoms with Crippen molar-refractivity contribution in [2.24, 2.45) is 11.8 Å². The van der Waals surface area contributed by atoms with Gasteiger partial charge in [-0.15, -0.1) is 5.10 Å². The molecule has 2 aromatic heterocycles. The molecule has 0 fully saturated rings. The molecule has 2 aromatic carbocycles. The van der Waals surface area contributed by atoms with Gasteiger partial charge < -0.3 is 9.47 Å². The summed E-state index contributed by atoms with van der Waals surface area (Å²) in [6.45, 7) is 14.4. The Labute approximate surface area is 258 Å². The molecule has 0 radical (unpaired) electrons. The van der Waals surface area contributed by atoms with Crippen LogP contribution < -0.4 is 9.47 Å². The van der Waals surface area contributed by atoms with E-state index >= 15 is 0 Å². The zero-order chi connectivity index (χ0) is 30.6. The molecule has 0 aliphatic rings. The van der Waals surface area contributed by atoms with Crippen molar-refractivity contribution in [2.75, 3.05) is 13.2 Å². The van der Waals surface area contributed by atoms with Crippen molar-refractivity contribution in [2.45, 2.75) is 92.9 Å². The van der Waals surface area contributed by atoms with Gasteiger partial charge in [-0.25, -0.2) is 9.67 Å². The fourth-order valence-corrected chi connectivity index (χ4v) is 5.42. The van der Waals surface area contributed by atoms with Gasteiger partial charge in [0, 0.05) is 28.6 Å². The lowest BCUT2D eigenvalue weighted by atomic mass is 10.0. The predicted molar refractivity (Wildman–Crippen MR) is 177 cm³/mol. The highest BCUT2D eigenvalue weighted by Crippen LogP contribution is 2.32. The van der Waals surface area contributed by atoms with Gasteiger partial charge in [-0.1, -0.05) is 96.6 Å². The van der Waals surface area contributed by atoms with Crippen LogP contribution in [0, 0.1) is 25.7 Å². The zero-order valence-electron chi connectivity index (χ0n) is 27.1. The third-order valence-electron chi connectivity index (χ3n) is 8.15. The van der Waals surface area contributed by atoms with E-state index in [9.17, 15) is 0 Å². The maximum atomic E-state index is 6.44. The largest absolute Gasteiger partial charge is 0.493 e. The molecule has 0 N–H and O–H groups in total. The minimum absolute atomic E-state index is 0.534. The summed E-state index contributed by atoms with van der Waals surface area (Å²) in [6.07, 6.45) is 9.44. The molecule has 4 aromatic rings. The lowest BCUT2D eigenvalue weighted by molar-refractivity contribution is 0.223. The van der Waals surface area contributed by atoms with Gasteiger partial charge in [0.2, 0.25) is 0 Å². The van der Waals surface area contributed by atoms with Gasteiger partial charge >= 0.3 is 0 Å². The van der Waals surface area contributed by atoms with E-state index in [4.69, 9.17) is 19.6 Å². The third-order valence-corrected chi connectivity index (χ3v) is 8.15. The van der Waals surface area contributed by atoms with Gasteiger partial charge in [0.05, 0.1) is 18.9 Å². The third kappa shape index (κ3) is 9.16. The van der Waals surface area contributed by atoms with E-state index in [1.54, 1.807) is 0 Å². The van der Waals surface area contributed by atoms with E-state index in [2.05, 4.69) is 56.9 Å². The number of aromatic nitrogens is 4. The van der Waals surface area contributed by atoms with Gasteiger partial charge in [-0.05, 0) is 62.8 Å². The maximum absolute atomic E-state index is 6.44. The monoisotopic (exact) mass is 582 g/mol. The second kappa shape index (κ2) is 16.3. The van der Waals surface area contributed by atoms with Gasteiger partial charge in [-0.2, -0.15) is 0 Å². The first-order valence-electron chi connectivity index (χ1n) is 16.3. The van der Waals surface area contributed by atoms with Crippen LogP contribution in [0.2, 0.25) is 0 Å². The lowest BCUT2D eigenvalue weighted by Gasteiger charge is -2.18. The molecule has 0 amide bonds. The summed E-state index contributed by atoms with van der Waals surface area (Å²) in [6, 6.07) is 20.5. The zero-order valence-corrected chi connectivity index (χ0v) is 27.1. The van der Waals surface area contributed by atoms with Crippen molar-refractivity contribution in [3.63, 3.8) is 0 Å². The van der Waals surface area contributed by atoms with Crippen LogP contribution in [0.25, 0.3) is 28.5 Å². The molecule has 0 saturated heterocycles. The summed E-state index contributed by atoms with van der Waals surface area (Å²) in [4.78, 5) is 9.67. The van der Waals surface area contributed by atoms with Crippen LogP contribution in [0.5, 0.6) is 11.5 Å². The van der Waals surface area contributed by atoms with Gasteiger partial charge in [0.15, 0.2) is 11.6 Å². The molecule has 0 bridgehead atoms. The van der Waals surface area contributed by atoms with Crippen LogP contribution in [0.1, 0.15) is 90.4 Å². The molecule has 230 valence electrons. The molecule has 43 heavy (non-hydrogen) atoms. The molecule has 6 nitrogen and oxygen atoms in total. The van der Waals surface area contributed by atoms with Crippen LogP contribution in [0.15, 0.2) is 60.7 Å². The number of hydrogen-bond donors (Lipinski definition) is 0. The Balaban J connectivity index is 1.73. The average Bonchev–Trinajstić information content (AvgIpc) is 3.47. The van der Waals surface area contributed by atoms with Gasteiger partial charge in [-0.3, -0.25) is 4.98 Å². The fraction of sp³-hybridized carbons (Fsp3) is 0.486. The molecule has 0 spiro atoms. The van der Waals surface area contributed by atoms with Gasteiger partial charge in [0.25, 0.3) is 0 Å². The van der Waals surface area contributed by atoms with E-state index in [-0.39, 0.29) is 0 Å². The van der Waals surface area contributed by atoms with Gasteiger partial charge in [0.1, 0.15) is 11.5 Å². The number of aryl methyl sites for hydroxylation is 2. The fourth-order valence-electron chi connectivity index (χ4n) is 5.42. The van der Waals surface area contributed by atoms with E-state index in [0.29, 0.717) is 30.9 Å². The number of rotatable bonds is 17. The smallest absolute Gasteiger partial charge is 0.182 e. The maximum Gasteiger partial charge on any atom is 0.182 e. The molecule has 0 aliphatic heterocycles. The summed E-state index contributed by atoms with van der Waals surface area (Å²) in [5.74, 6) is 4.09. The number of pyridine rings is 1.